The Hall–Kier alpha value is -2.01. The summed E-state index contributed by atoms with van der Waals surface area (Å²) in [6, 6.07) is 6.50. The smallest absolute Gasteiger partial charge is 0.277 e. The molecule has 0 spiro atoms. The average Bonchev–Trinajstić information content (AvgIpc) is 2.76. The van der Waals surface area contributed by atoms with Crippen molar-refractivity contribution in [3.8, 4) is 5.75 Å². The largest absolute Gasteiger partial charge is 0.495 e. The quantitative estimate of drug-likeness (QED) is 0.928. The number of hydrogen-bond acceptors (Lipinski definition) is 4. The summed E-state index contributed by atoms with van der Waals surface area (Å²) in [5.74, 6) is 0.707. The van der Waals surface area contributed by atoms with Crippen LogP contribution < -0.4 is 10.1 Å². The number of halogens is 1. The topological polar surface area (TPSA) is 64.4 Å². The van der Waals surface area contributed by atoms with Gasteiger partial charge in [0.05, 0.1) is 12.8 Å². The highest BCUT2D eigenvalue weighted by Gasteiger charge is 2.13. The minimum Gasteiger partial charge on any atom is -0.495 e. The summed E-state index contributed by atoms with van der Waals surface area (Å²) in [5, 5.41) is 6.79. The predicted octanol–water partition coefficient (Wildman–Crippen LogP) is 2.90. The SMILES string of the molecule is COc1ccc(Cl)cc1NC(=O)c1cc(C)on1. The highest BCUT2D eigenvalue weighted by atomic mass is 35.5. The summed E-state index contributed by atoms with van der Waals surface area (Å²) in [5.41, 5.74) is 0.685. The molecule has 1 aromatic heterocycles. The number of nitrogens with zero attached hydrogens (tertiary/aromatic N) is 1. The van der Waals surface area contributed by atoms with Crippen LogP contribution in [0, 0.1) is 6.92 Å². The number of aromatic nitrogens is 1. The molecule has 18 heavy (non-hydrogen) atoms. The molecule has 0 atom stereocenters. The zero-order valence-electron chi connectivity index (χ0n) is 9.86. The summed E-state index contributed by atoms with van der Waals surface area (Å²) < 4.78 is 9.96. The second-order valence-electron chi connectivity index (χ2n) is 3.62. The maximum absolute atomic E-state index is 11.9. The molecule has 94 valence electrons. The Kier molecular flexibility index (Phi) is 3.53. The van der Waals surface area contributed by atoms with Gasteiger partial charge >= 0.3 is 0 Å². The van der Waals surface area contributed by atoms with Gasteiger partial charge in [-0.2, -0.15) is 0 Å². The molecule has 6 heteroatoms. The number of aryl methyl sites for hydroxylation is 1. The van der Waals surface area contributed by atoms with Crippen molar-refractivity contribution in [2.75, 3.05) is 12.4 Å². The van der Waals surface area contributed by atoms with Gasteiger partial charge in [-0.25, -0.2) is 0 Å². The molecule has 0 saturated carbocycles. The lowest BCUT2D eigenvalue weighted by molar-refractivity contribution is 0.101. The van der Waals surface area contributed by atoms with Crippen LogP contribution in [0.3, 0.4) is 0 Å². The first kappa shape index (κ1) is 12.4. The normalized spacial score (nSPS) is 10.2. The van der Waals surface area contributed by atoms with Crippen LogP contribution in [0.2, 0.25) is 5.02 Å². The molecule has 1 N–H and O–H groups in total. The molecule has 2 aromatic rings. The number of hydrogen-bond donors (Lipinski definition) is 1. The van der Waals surface area contributed by atoms with Gasteiger partial charge in [-0.3, -0.25) is 4.79 Å². The minimum absolute atomic E-state index is 0.203. The first-order valence-corrected chi connectivity index (χ1v) is 5.56. The van der Waals surface area contributed by atoms with E-state index in [1.165, 1.54) is 7.11 Å². The van der Waals surface area contributed by atoms with E-state index in [1.54, 1.807) is 31.2 Å². The van der Waals surface area contributed by atoms with Gasteiger partial charge in [0.15, 0.2) is 5.69 Å². The summed E-state index contributed by atoms with van der Waals surface area (Å²) in [6.07, 6.45) is 0. The van der Waals surface area contributed by atoms with Gasteiger partial charge in [0.1, 0.15) is 11.5 Å². The van der Waals surface area contributed by atoms with Crippen LogP contribution in [0.25, 0.3) is 0 Å². The maximum atomic E-state index is 11.9. The van der Waals surface area contributed by atoms with E-state index in [0.717, 1.165) is 0 Å². The fourth-order valence-corrected chi connectivity index (χ4v) is 1.61. The molecule has 0 aliphatic heterocycles. The van der Waals surface area contributed by atoms with E-state index in [2.05, 4.69) is 10.5 Å². The fourth-order valence-electron chi connectivity index (χ4n) is 1.44. The van der Waals surface area contributed by atoms with E-state index in [-0.39, 0.29) is 11.6 Å². The van der Waals surface area contributed by atoms with Crippen LogP contribution in [-0.2, 0) is 0 Å². The van der Waals surface area contributed by atoms with Crippen molar-refractivity contribution in [3.63, 3.8) is 0 Å². The average molecular weight is 267 g/mol. The lowest BCUT2D eigenvalue weighted by Crippen LogP contribution is -2.12. The molecule has 1 amide bonds. The first-order chi connectivity index (χ1) is 8.60. The minimum atomic E-state index is -0.382. The molecule has 0 aliphatic rings. The van der Waals surface area contributed by atoms with Crippen LogP contribution in [-0.4, -0.2) is 18.2 Å². The predicted molar refractivity (Wildman–Crippen MR) is 67.2 cm³/mol. The third-order valence-electron chi connectivity index (χ3n) is 2.27. The van der Waals surface area contributed by atoms with Gasteiger partial charge < -0.3 is 14.6 Å². The molecular formula is C12H11ClN2O3. The molecule has 0 radical (unpaired) electrons. The van der Waals surface area contributed by atoms with Crippen molar-refractivity contribution in [1.29, 1.82) is 0 Å². The number of rotatable bonds is 3. The first-order valence-electron chi connectivity index (χ1n) is 5.18. The van der Waals surface area contributed by atoms with Gasteiger partial charge in [-0.1, -0.05) is 16.8 Å². The Morgan fingerprint density at radius 1 is 1.44 bits per heavy atom. The van der Waals surface area contributed by atoms with Gasteiger partial charge in [-0.05, 0) is 25.1 Å². The zero-order chi connectivity index (χ0) is 13.1. The van der Waals surface area contributed by atoms with Crippen LogP contribution in [0.15, 0.2) is 28.8 Å². The Morgan fingerprint density at radius 2 is 2.22 bits per heavy atom. The number of anilines is 1. The molecule has 5 nitrogen and oxygen atoms in total. The highest BCUT2D eigenvalue weighted by molar-refractivity contribution is 6.31. The summed E-state index contributed by atoms with van der Waals surface area (Å²) in [7, 11) is 1.51. The van der Waals surface area contributed by atoms with Crippen molar-refractivity contribution >= 4 is 23.2 Å². The van der Waals surface area contributed by atoms with E-state index in [0.29, 0.717) is 22.2 Å². The number of carbonyl (C=O) groups excluding carboxylic acids is 1. The van der Waals surface area contributed by atoms with Gasteiger partial charge in [0.2, 0.25) is 0 Å². The lowest BCUT2D eigenvalue weighted by Gasteiger charge is -2.09. The van der Waals surface area contributed by atoms with Gasteiger partial charge in [0.25, 0.3) is 5.91 Å². The number of methoxy groups -OCH3 is 1. The van der Waals surface area contributed by atoms with Crippen LogP contribution in [0.4, 0.5) is 5.69 Å². The molecular weight excluding hydrogens is 256 g/mol. The molecule has 0 bridgehead atoms. The van der Waals surface area contributed by atoms with Gasteiger partial charge in [0, 0.05) is 11.1 Å². The molecule has 0 unspecified atom stereocenters. The molecule has 0 fully saturated rings. The van der Waals surface area contributed by atoms with Crippen LogP contribution >= 0.6 is 11.6 Å². The monoisotopic (exact) mass is 266 g/mol. The number of nitrogens with one attached hydrogen (secondary N) is 1. The third-order valence-corrected chi connectivity index (χ3v) is 2.51. The van der Waals surface area contributed by atoms with Crippen LogP contribution in [0.1, 0.15) is 16.2 Å². The van der Waals surface area contributed by atoms with Crippen molar-refractivity contribution in [1.82, 2.24) is 5.16 Å². The Balaban J connectivity index is 2.23. The molecule has 1 heterocycles. The highest BCUT2D eigenvalue weighted by Crippen LogP contribution is 2.27. The molecule has 0 saturated heterocycles. The Morgan fingerprint density at radius 3 is 2.83 bits per heavy atom. The van der Waals surface area contributed by atoms with E-state index in [1.807, 2.05) is 0 Å². The van der Waals surface area contributed by atoms with Crippen molar-refractivity contribution < 1.29 is 14.1 Å². The Bertz CT molecular complexity index is 580. The van der Waals surface area contributed by atoms with Gasteiger partial charge in [-0.15, -0.1) is 0 Å². The zero-order valence-corrected chi connectivity index (χ0v) is 10.6. The Labute approximate surface area is 109 Å². The number of ether oxygens (including phenoxy) is 1. The molecule has 1 aromatic carbocycles. The van der Waals surface area contributed by atoms with Crippen LogP contribution in [0.5, 0.6) is 5.75 Å². The van der Waals surface area contributed by atoms with Crippen molar-refractivity contribution in [2.24, 2.45) is 0 Å². The fraction of sp³-hybridized carbons (Fsp3) is 0.167. The second kappa shape index (κ2) is 5.10. The second-order valence-corrected chi connectivity index (χ2v) is 4.06. The summed E-state index contributed by atoms with van der Waals surface area (Å²) in [6.45, 7) is 1.71. The third kappa shape index (κ3) is 2.62. The van der Waals surface area contributed by atoms with E-state index in [4.69, 9.17) is 20.9 Å². The summed E-state index contributed by atoms with van der Waals surface area (Å²) in [4.78, 5) is 11.9. The van der Waals surface area contributed by atoms with E-state index < -0.39 is 0 Å². The maximum Gasteiger partial charge on any atom is 0.277 e. The van der Waals surface area contributed by atoms with Crippen molar-refractivity contribution in [2.45, 2.75) is 6.92 Å². The number of carbonyl (C=O) groups is 1. The molecule has 0 aliphatic carbocycles. The summed E-state index contributed by atoms with van der Waals surface area (Å²) >= 11 is 5.87. The number of benzene rings is 1. The van der Waals surface area contributed by atoms with Crippen molar-refractivity contribution in [3.05, 3.63) is 40.7 Å². The lowest BCUT2D eigenvalue weighted by atomic mass is 10.2. The van der Waals surface area contributed by atoms with E-state index >= 15 is 0 Å². The van der Waals surface area contributed by atoms with E-state index in [9.17, 15) is 4.79 Å². The number of amides is 1. The molecule has 2 rings (SSSR count). The standard InChI is InChI=1S/C12H11ClN2O3/c1-7-5-10(15-18-7)12(16)14-9-6-8(13)3-4-11(9)17-2/h3-6H,1-2H3,(H,14,16).